The number of nitrogens with one attached hydrogen (secondary N) is 1. The van der Waals surface area contributed by atoms with E-state index < -0.39 is 12.1 Å². The molecule has 2 amide bonds. The summed E-state index contributed by atoms with van der Waals surface area (Å²) in [5, 5.41) is 2.55. The summed E-state index contributed by atoms with van der Waals surface area (Å²) < 4.78 is 5.48. The summed E-state index contributed by atoms with van der Waals surface area (Å²) in [5.74, 6) is -1.23. The van der Waals surface area contributed by atoms with Crippen molar-refractivity contribution in [1.82, 2.24) is 10.2 Å². The second-order valence-electron chi connectivity index (χ2n) is 6.87. The maximum atomic E-state index is 12.8. The van der Waals surface area contributed by atoms with Crippen LogP contribution in [0.2, 0.25) is 0 Å². The second-order valence-corrected chi connectivity index (χ2v) is 6.87. The van der Waals surface area contributed by atoms with Gasteiger partial charge in [-0.25, -0.2) is 0 Å². The predicted molar refractivity (Wildman–Crippen MR) is 105 cm³/mol. The quantitative estimate of drug-likeness (QED) is 0.782. The van der Waals surface area contributed by atoms with Crippen molar-refractivity contribution in [1.29, 1.82) is 0 Å². The molecule has 0 aliphatic carbocycles. The number of likely N-dealkylation sites (tertiary alicyclic amines) is 1. The van der Waals surface area contributed by atoms with Gasteiger partial charge < -0.3 is 15.0 Å². The fourth-order valence-corrected chi connectivity index (χ4v) is 3.21. The van der Waals surface area contributed by atoms with Crippen molar-refractivity contribution in [3.05, 3.63) is 71.3 Å². The number of ether oxygens (including phenoxy) is 1. The Morgan fingerprint density at radius 3 is 2.43 bits per heavy atom. The molecule has 1 N–H and O–H groups in total. The first-order valence-corrected chi connectivity index (χ1v) is 9.42. The lowest BCUT2D eigenvalue weighted by atomic mass is 10.1. The van der Waals surface area contributed by atoms with E-state index in [1.807, 2.05) is 19.1 Å². The van der Waals surface area contributed by atoms with Crippen molar-refractivity contribution in [2.75, 3.05) is 19.6 Å². The molecule has 2 aromatic rings. The zero-order chi connectivity index (χ0) is 19.9. The molecule has 3 rings (SSSR count). The van der Waals surface area contributed by atoms with Crippen LogP contribution in [-0.4, -0.2) is 42.3 Å². The third-order valence-corrected chi connectivity index (χ3v) is 4.67. The van der Waals surface area contributed by atoms with Gasteiger partial charge in [0.2, 0.25) is 6.10 Å². The van der Waals surface area contributed by atoms with Gasteiger partial charge in [-0.3, -0.25) is 14.4 Å². The van der Waals surface area contributed by atoms with E-state index in [2.05, 4.69) is 5.32 Å². The lowest BCUT2D eigenvalue weighted by Gasteiger charge is -2.23. The lowest BCUT2D eigenvalue weighted by molar-refractivity contribution is -0.159. The highest BCUT2D eigenvalue weighted by molar-refractivity contribution is 5.96. The molecular weight excluding hydrogens is 356 g/mol. The summed E-state index contributed by atoms with van der Waals surface area (Å²) in [6.07, 6.45) is 0.907. The number of amides is 2. The number of rotatable bonds is 6. The molecule has 6 heteroatoms. The normalized spacial score (nSPS) is 14.4. The maximum Gasteiger partial charge on any atom is 0.326 e. The van der Waals surface area contributed by atoms with E-state index in [0.717, 1.165) is 18.4 Å². The lowest BCUT2D eigenvalue weighted by Crippen LogP contribution is -2.37. The minimum Gasteiger partial charge on any atom is -0.446 e. The number of hydrogen-bond donors (Lipinski definition) is 1. The van der Waals surface area contributed by atoms with Crippen molar-refractivity contribution in [3.8, 4) is 0 Å². The molecule has 1 aliphatic heterocycles. The Morgan fingerprint density at radius 1 is 1.04 bits per heavy atom. The van der Waals surface area contributed by atoms with Crippen LogP contribution in [-0.2, 0) is 14.3 Å². The van der Waals surface area contributed by atoms with E-state index in [1.165, 1.54) is 0 Å². The molecule has 1 fully saturated rings. The third-order valence-electron chi connectivity index (χ3n) is 4.67. The first kappa shape index (κ1) is 19.6. The van der Waals surface area contributed by atoms with Crippen LogP contribution in [0.25, 0.3) is 0 Å². The first-order chi connectivity index (χ1) is 13.5. The van der Waals surface area contributed by atoms with Gasteiger partial charge in [0.1, 0.15) is 6.54 Å². The zero-order valence-electron chi connectivity index (χ0n) is 15.9. The standard InChI is InChI=1S/C22H24N2O4/c1-16-8-7-11-18(14-16)21(26)23-15-19(25)28-20(17-9-3-2-4-10-17)22(27)24-12-5-6-13-24/h2-4,7-11,14,20H,5-6,12-13,15H2,1H3,(H,23,26)/t20-/m1/s1. The van der Waals surface area contributed by atoms with Crippen LogP contribution in [0.3, 0.4) is 0 Å². The molecule has 2 aromatic carbocycles. The van der Waals surface area contributed by atoms with E-state index in [9.17, 15) is 14.4 Å². The summed E-state index contributed by atoms with van der Waals surface area (Å²) in [7, 11) is 0. The molecule has 1 aliphatic rings. The second kappa shape index (κ2) is 9.17. The van der Waals surface area contributed by atoms with Crippen molar-refractivity contribution < 1.29 is 19.1 Å². The summed E-state index contributed by atoms with van der Waals surface area (Å²) in [6, 6.07) is 16.0. The van der Waals surface area contributed by atoms with Crippen LogP contribution in [0.15, 0.2) is 54.6 Å². The molecule has 146 valence electrons. The maximum absolute atomic E-state index is 12.8. The minimum absolute atomic E-state index is 0.220. The van der Waals surface area contributed by atoms with Gasteiger partial charge in [0.05, 0.1) is 0 Å². The molecule has 6 nitrogen and oxygen atoms in total. The fourth-order valence-electron chi connectivity index (χ4n) is 3.21. The Bertz CT molecular complexity index is 845. The topological polar surface area (TPSA) is 75.7 Å². The Labute approximate surface area is 164 Å². The SMILES string of the molecule is Cc1cccc(C(=O)NCC(=O)O[C@@H](C(=O)N2CCCC2)c2ccccc2)c1. The van der Waals surface area contributed by atoms with Crippen LogP contribution < -0.4 is 5.32 Å². The van der Waals surface area contributed by atoms with Gasteiger partial charge in [-0.15, -0.1) is 0 Å². The van der Waals surface area contributed by atoms with Crippen LogP contribution >= 0.6 is 0 Å². The van der Waals surface area contributed by atoms with Crippen LogP contribution in [0, 0.1) is 6.92 Å². The Hall–Kier alpha value is -3.15. The van der Waals surface area contributed by atoms with Crippen LogP contribution in [0.1, 0.15) is 40.4 Å². The Kier molecular flexibility index (Phi) is 6.42. The van der Waals surface area contributed by atoms with Crippen molar-refractivity contribution in [2.45, 2.75) is 25.9 Å². The minimum atomic E-state index is -0.998. The van der Waals surface area contributed by atoms with Gasteiger partial charge >= 0.3 is 5.97 Å². The van der Waals surface area contributed by atoms with E-state index in [0.29, 0.717) is 24.2 Å². The molecule has 0 aromatic heterocycles. The predicted octanol–water partition coefficient (Wildman–Crippen LogP) is 2.63. The number of hydrogen-bond acceptors (Lipinski definition) is 4. The monoisotopic (exact) mass is 380 g/mol. The van der Waals surface area contributed by atoms with Gasteiger partial charge in [-0.05, 0) is 31.9 Å². The van der Waals surface area contributed by atoms with Crippen LogP contribution in [0.5, 0.6) is 0 Å². The Morgan fingerprint density at radius 2 is 1.75 bits per heavy atom. The van der Waals surface area contributed by atoms with E-state index in [1.54, 1.807) is 47.4 Å². The number of benzene rings is 2. The van der Waals surface area contributed by atoms with Crippen molar-refractivity contribution in [3.63, 3.8) is 0 Å². The molecule has 1 atom stereocenters. The molecule has 0 bridgehead atoms. The fraction of sp³-hybridized carbons (Fsp3) is 0.318. The number of esters is 1. The molecule has 0 radical (unpaired) electrons. The van der Waals surface area contributed by atoms with Gasteiger partial charge in [0.15, 0.2) is 0 Å². The number of carbonyl (C=O) groups excluding carboxylic acids is 3. The summed E-state index contributed by atoms with van der Waals surface area (Å²) in [6.45, 7) is 2.93. The van der Waals surface area contributed by atoms with Crippen molar-refractivity contribution >= 4 is 17.8 Å². The highest BCUT2D eigenvalue weighted by atomic mass is 16.5. The van der Waals surface area contributed by atoms with Crippen molar-refractivity contribution in [2.24, 2.45) is 0 Å². The third kappa shape index (κ3) is 4.97. The van der Waals surface area contributed by atoms with Gasteiger partial charge in [-0.1, -0.05) is 48.0 Å². The van der Waals surface area contributed by atoms with E-state index in [-0.39, 0.29) is 18.4 Å². The number of carbonyl (C=O) groups is 3. The largest absolute Gasteiger partial charge is 0.446 e. The highest BCUT2D eigenvalue weighted by Crippen LogP contribution is 2.22. The van der Waals surface area contributed by atoms with E-state index in [4.69, 9.17) is 4.74 Å². The summed E-state index contributed by atoms with van der Waals surface area (Å²) in [5.41, 5.74) is 2.05. The zero-order valence-corrected chi connectivity index (χ0v) is 15.9. The molecule has 1 heterocycles. The van der Waals surface area contributed by atoms with Crippen LogP contribution in [0.4, 0.5) is 0 Å². The van der Waals surface area contributed by atoms with Gasteiger partial charge in [0, 0.05) is 24.2 Å². The summed E-state index contributed by atoms with van der Waals surface area (Å²) in [4.78, 5) is 39.1. The van der Waals surface area contributed by atoms with Gasteiger partial charge in [0.25, 0.3) is 11.8 Å². The molecule has 0 saturated carbocycles. The smallest absolute Gasteiger partial charge is 0.326 e. The van der Waals surface area contributed by atoms with E-state index >= 15 is 0 Å². The molecule has 1 saturated heterocycles. The highest BCUT2D eigenvalue weighted by Gasteiger charge is 2.30. The average molecular weight is 380 g/mol. The average Bonchev–Trinajstić information content (AvgIpc) is 3.25. The molecule has 0 spiro atoms. The molecular formula is C22H24N2O4. The van der Waals surface area contributed by atoms with Gasteiger partial charge in [-0.2, -0.15) is 0 Å². The first-order valence-electron chi connectivity index (χ1n) is 9.42. The number of aryl methyl sites for hydroxylation is 1. The summed E-state index contributed by atoms with van der Waals surface area (Å²) >= 11 is 0. The molecule has 0 unspecified atom stereocenters. The number of nitrogens with zero attached hydrogens (tertiary/aromatic N) is 1. The molecule has 28 heavy (non-hydrogen) atoms. The Balaban J connectivity index is 1.64.